The quantitative estimate of drug-likeness (QED) is 0.292. The number of aromatic nitrogens is 4. The van der Waals surface area contributed by atoms with Crippen LogP contribution in [-0.4, -0.2) is 26.3 Å². The molecule has 0 bridgehead atoms. The lowest BCUT2D eigenvalue weighted by Crippen LogP contribution is -2.16. The zero-order valence-electron chi connectivity index (χ0n) is 18.5. The summed E-state index contributed by atoms with van der Waals surface area (Å²) in [4.78, 5) is 15.6. The molecule has 2 aromatic carbocycles. The van der Waals surface area contributed by atoms with Crippen molar-refractivity contribution in [2.24, 2.45) is 0 Å². The Balaban J connectivity index is 1.24. The maximum Gasteiger partial charge on any atom is 0.573 e. The van der Waals surface area contributed by atoms with Crippen LogP contribution in [0.4, 0.5) is 13.2 Å². The molecule has 0 aliphatic carbocycles. The summed E-state index contributed by atoms with van der Waals surface area (Å²) in [6.45, 7) is 2.04. The van der Waals surface area contributed by atoms with Crippen LogP contribution in [0.3, 0.4) is 0 Å². The third-order valence-corrected chi connectivity index (χ3v) is 5.79. The van der Waals surface area contributed by atoms with Gasteiger partial charge in [-0.05, 0) is 78.7 Å². The molecule has 0 aliphatic rings. The first-order valence-corrected chi connectivity index (χ1v) is 11.1. The average Bonchev–Trinajstić information content (AvgIpc) is 3.35. The van der Waals surface area contributed by atoms with E-state index in [0.29, 0.717) is 12.8 Å². The topological polar surface area (TPSA) is 66.6 Å². The average molecular weight is 464 g/mol. The molecule has 8 heteroatoms. The van der Waals surface area contributed by atoms with Crippen LogP contribution >= 0.6 is 0 Å². The van der Waals surface area contributed by atoms with Crippen molar-refractivity contribution >= 4 is 21.8 Å². The van der Waals surface area contributed by atoms with E-state index < -0.39 is 6.36 Å². The first kappa shape index (κ1) is 22.0. The Morgan fingerprint density at radius 3 is 2.68 bits per heavy atom. The number of ether oxygens (including phenoxy) is 1. The second-order valence-electron chi connectivity index (χ2n) is 8.44. The predicted octanol–water partition coefficient (Wildman–Crippen LogP) is 6.41. The van der Waals surface area contributed by atoms with E-state index in [1.807, 2.05) is 19.2 Å². The van der Waals surface area contributed by atoms with Crippen LogP contribution in [0, 0.1) is 6.92 Å². The molecule has 0 unspecified atom stereocenters. The van der Waals surface area contributed by atoms with Gasteiger partial charge < -0.3 is 14.7 Å². The maximum atomic E-state index is 12.6. The van der Waals surface area contributed by atoms with E-state index in [-0.39, 0.29) is 5.75 Å². The Morgan fingerprint density at radius 2 is 1.82 bits per heavy atom. The molecule has 5 rings (SSSR count). The molecule has 3 aromatic heterocycles. The van der Waals surface area contributed by atoms with Gasteiger partial charge in [-0.2, -0.15) is 0 Å². The molecular formula is C26H23F3N4O. The van der Waals surface area contributed by atoms with E-state index in [4.69, 9.17) is 4.98 Å². The summed E-state index contributed by atoms with van der Waals surface area (Å²) in [7, 11) is 0. The number of benzene rings is 2. The lowest BCUT2D eigenvalue weighted by Gasteiger charge is -2.09. The normalized spacial score (nSPS) is 12.0. The predicted molar refractivity (Wildman–Crippen MR) is 125 cm³/mol. The Hall–Kier alpha value is -3.81. The molecule has 0 atom stereocenters. The smallest absolute Gasteiger partial charge is 0.406 e. The number of H-pyrrole nitrogens is 2. The number of alkyl halides is 3. The van der Waals surface area contributed by atoms with Gasteiger partial charge in [0.05, 0.1) is 0 Å². The van der Waals surface area contributed by atoms with Gasteiger partial charge in [0.15, 0.2) is 0 Å². The molecule has 34 heavy (non-hydrogen) atoms. The van der Waals surface area contributed by atoms with Crippen LogP contribution in [-0.2, 0) is 19.3 Å². The van der Waals surface area contributed by atoms with Gasteiger partial charge in [0.1, 0.15) is 11.6 Å². The molecule has 0 radical (unpaired) electrons. The minimum atomic E-state index is -4.71. The number of nitrogens with one attached hydrogen (secondary N) is 2. The van der Waals surface area contributed by atoms with Gasteiger partial charge in [0, 0.05) is 53.0 Å². The van der Waals surface area contributed by atoms with Gasteiger partial charge in [-0.3, -0.25) is 0 Å². The molecule has 5 aromatic rings. The fourth-order valence-corrected chi connectivity index (χ4v) is 4.30. The number of nitrogens with zero attached hydrogens (tertiary/aromatic N) is 2. The monoisotopic (exact) mass is 464 g/mol. The summed E-state index contributed by atoms with van der Waals surface area (Å²) in [5.74, 6) is 0.543. The Bertz CT molecular complexity index is 1450. The van der Waals surface area contributed by atoms with E-state index in [1.165, 1.54) is 23.1 Å². The second-order valence-corrected chi connectivity index (χ2v) is 8.44. The minimum absolute atomic E-state index is 0.218. The van der Waals surface area contributed by atoms with Crippen molar-refractivity contribution in [2.45, 2.75) is 39.0 Å². The van der Waals surface area contributed by atoms with E-state index >= 15 is 0 Å². The molecule has 0 saturated heterocycles. The highest BCUT2D eigenvalue weighted by molar-refractivity contribution is 5.84. The van der Waals surface area contributed by atoms with Gasteiger partial charge in [-0.25, -0.2) is 9.97 Å². The number of aromatic amines is 2. The number of aryl methyl sites for hydroxylation is 3. The zero-order chi connectivity index (χ0) is 23.7. The lowest BCUT2D eigenvalue weighted by atomic mass is 10.1. The molecule has 0 saturated carbocycles. The summed E-state index contributed by atoms with van der Waals surface area (Å²) < 4.78 is 41.7. The Morgan fingerprint density at radius 1 is 0.971 bits per heavy atom. The molecular weight excluding hydrogens is 441 g/mol. The summed E-state index contributed by atoms with van der Waals surface area (Å²) in [6.07, 6.45) is 1.76. The zero-order valence-corrected chi connectivity index (χ0v) is 18.5. The number of hydrogen-bond acceptors (Lipinski definition) is 3. The van der Waals surface area contributed by atoms with Crippen molar-refractivity contribution in [1.82, 2.24) is 19.9 Å². The first-order chi connectivity index (χ1) is 16.3. The van der Waals surface area contributed by atoms with Crippen LogP contribution in [0.1, 0.15) is 34.8 Å². The molecule has 0 aliphatic heterocycles. The summed E-state index contributed by atoms with van der Waals surface area (Å²) in [5, 5.41) is 1.92. The number of fused-ring (bicyclic) bond motifs is 2. The van der Waals surface area contributed by atoms with Crippen molar-refractivity contribution in [3.63, 3.8) is 0 Å². The molecule has 0 amide bonds. The standard InChI is InChI=1S/C26H23F3N4O/c1-16-11-19-12-17(5-7-23(19)32-16)13-20-9-10-30-25(33-20)4-2-3-18-15-31-24-8-6-21(14-22(18)24)34-26(27,28)29/h5-12,14-15,31-32H,2-4,13H2,1H3. The molecule has 174 valence electrons. The summed E-state index contributed by atoms with van der Waals surface area (Å²) in [6, 6.07) is 14.8. The van der Waals surface area contributed by atoms with E-state index in [2.05, 4.69) is 44.0 Å². The minimum Gasteiger partial charge on any atom is -0.406 e. The Kier molecular flexibility index (Phi) is 5.73. The van der Waals surface area contributed by atoms with Gasteiger partial charge >= 0.3 is 6.36 Å². The van der Waals surface area contributed by atoms with Crippen molar-refractivity contribution in [3.05, 3.63) is 89.3 Å². The highest BCUT2D eigenvalue weighted by Crippen LogP contribution is 2.28. The maximum absolute atomic E-state index is 12.6. The Labute approximate surface area is 194 Å². The van der Waals surface area contributed by atoms with Crippen molar-refractivity contribution in [3.8, 4) is 5.75 Å². The number of hydrogen-bond donors (Lipinski definition) is 2. The van der Waals surface area contributed by atoms with Crippen LogP contribution in [0.15, 0.2) is 60.9 Å². The van der Waals surface area contributed by atoms with Crippen molar-refractivity contribution < 1.29 is 17.9 Å². The number of halogens is 3. The van der Waals surface area contributed by atoms with Crippen LogP contribution in [0.2, 0.25) is 0 Å². The highest BCUT2D eigenvalue weighted by Gasteiger charge is 2.31. The molecule has 2 N–H and O–H groups in total. The molecule has 5 nitrogen and oxygen atoms in total. The highest BCUT2D eigenvalue weighted by atomic mass is 19.4. The van der Waals surface area contributed by atoms with Gasteiger partial charge in [0.25, 0.3) is 0 Å². The fourth-order valence-electron chi connectivity index (χ4n) is 4.30. The van der Waals surface area contributed by atoms with Crippen LogP contribution in [0.5, 0.6) is 5.75 Å². The number of rotatable bonds is 7. The lowest BCUT2D eigenvalue weighted by molar-refractivity contribution is -0.274. The van der Waals surface area contributed by atoms with E-state index in [1.54, 1.807) is 12.3 Å². The summed E-state index contributed by atoms with van der Waals surface area (Å²) >= 11 is 0. The van der Waals surface area contributed by atoms with Crippen LogP contribution in [0.25, 0.3) is 21.8 Å². The second kappa shape index (κ2) is 8.85. The van der Waals surface area contributed by atoms with Gasteiger partial charge in [-0.15, -0.1) is 13.2 Å². The van der Waals surface area contributed by atoms with E-state index in [9.17, 15) is 13.2 Å². The van der Waals surface area contributed by atoms with Crippen LogP contribution < -0.4 is 4.74 Å². The van der Waals surface area contributed by atoms with Crippen molar-refractivity contribution in [1.29, 1.82) is 0 Å². The third-order valence-electron chi connectivity index (χ3n) is 5.79. The first-order valence-electron chi connectivity index (χ1n) is 11.1. The SMILES string of the molecule is Cc1cc2cc(Cc3ccnc(CCCc4c[nH]c5ccc(OC(F)(F)F)cc45)n3)ccc2[nH]1. The molecule has 0 spiro atoms. The molecule has 3 heterocycles. The fraction of sp³-hybridized carbons (Fsp3) is 0.231. The third kappa shape index (κ3) is 5.06. The van der Waals surface area contributed by atoms with Crippen molar-refractivity contribution in [2.75, 3.05) is 0 Å². The summed E-state index contributed by atoms with van der Waals surface area (Å²) in [5.41, 5.74) is 6.12. The largest absolute Gasteiger partial charge is 0.573 e. The van der Waals surface area contributed by atoms with Gasteiger partial charge in [-0.1, -0.05) is 6.07 Å². The van der Waals surface area contributed by atoms with E-state index in [0.717, 1.165) is 52.0 Å². The van der Waals surface area contributed by atoms with Gasteiger partial charge in [0.2, 0.25) is 0 Å². The molecule has 0 fully saturated rings.